The van der Waals surface area contributed by atoms with Crippen LogP contribution in [0.3, 0.4) is 0 Å². The summed E-state index contributed by atoms with van der Waals surface area (Å²) in [4.78, 5) is 0. The minimum absolute atomic E-state index is 0.0127. The predicted molar refractivity (Wildman–Crippen MR) is 77.4 cm³/mol. The van der Waals surface area contributed by atoms with E-state index >= 15 is 0 Å². The second-order valence-electron chi connectivity index (χ2n) is 4.54. The van der Waals surface area contributed by atoms with E-state index in [0.29, 0.717) is 5.56 Å². The van der Waals surface area contributed by atoms with Gasteiger partial charge in [0.05, 0.1) is 0 Å². The molecule has 1 heterocycles. The Balaban J connectivity index is 1.91. The van der Waals surface area contributed by atoms with Crippen molar-refractivity contribution in [1.82, 2.24) is 15.1 Å². The molecule has 2 rings (SSSR count). The molecule has 1 N–H and O–H groups in total. The number of aromatic nitrogens is 2. The number of aryl methyl sites for hydroxylation is 1. The van der Waals surface area contributed by atoms with Crippen LogP contribution in [0.5, 0.6) is 0 Å². The third-order valence-electron chi connectivity index (χ3n) is 3.18. The molecule has 5 heteroatoms. The first-order valence-corrected chi connectivity index (χ1v) is 7.02. The van der Waals surface area contributed by atoms with E-state index in [1.807, 2.05) is 30.8 Å². The zero-order chi connectivity index (χ0) is 13.8. The molecule has 0 radical (unpaired) electrons. The fraction of sp³-hybridized carbons (Fsp3) is 0.357. The van der Waals surface area contributed by atoms with Crippen molar-refractivity contribution in [3.05, 3.63) is 52.0 Å². The maximum atomic E-state index is 13.8. The number of hydrogen-bond donors (Lipinski definition) is 1. The van der Waals surface area contributed by atoms with Crippen LogP contribution in [0, 0.1) is 5.82 Å². The fourth-order valence-corrected chi connectivity index (χ4v) is 2.36. The molecule has 0 aliphatic rings. The zero-order valence-electron chi connectivity index (χ0n) is 11.0. The summed E-state index contributed by atoms with van der Waals surface area (Å²) < 4.78 is 16.4. The van der Waals surface area contributed by atoms with Gasteiger partial charge < -0.3 is 5.32 Å². The molecule has 3 nitrogen and oxygen atoms in total. The smallest absolute Gasteiger partial charge is 0.129 e. The van der Waals surface area contributed by atoms with E-state index in [4.69, 9.17) is 0 Å². The molecule has 0 aliphatic heterocycles. The molecule has 1 aromatic carbocycles. The predicted octanol–water partition coefficient (Wildman–Crippen LogP) is 3.22. The van der Waals surface area contributed by atoms with Crippen molar-refractivity contribution in [3.63, 3.8) is 0 Å². The van der Waals surface area contributed by atoms with Gasteiger partial charge in [-0.25, -0.2) is 4.39 Å². The molecular weight excluding hydrogens is 309 g/mol. The second kappa shape index (κ2) is 6.30. The Morgan fingerprint density at radius 3 is 2.84 bits per heavy atom. The maximum Gasteiger partial charge on any atom is 0.129 e. The first-order chi connectivity index (χ1) is 9.08. The Labute approximate surface area is 121 Å². The number of rotatable bonds is 5. The third kappa shape index (κ3) is 3.64. The second-order valence-corrected chi connectivity index (χ2v) is 5.45. The summed E-state index contributed by atoms with van der Waals surface area (Å²) in [7, 11) is 1.92. The van der Waals surface area contributed by atoms with Gasteiger partial charge in [-0.3, -0.25) is 4.68 Å². The van der Waals surface area contributed by atoms with Crippen molar-refractivity contribution in [3.8, 4) is 0 Å². The molecule has 0 saturated carbocycles. The van der Waals surface area contributed by atoms with Crippen LogP contribution in [0.2, 0.25) is 0 Å². The molecule has 0 saturated heterocycles. The quantitative estimate of drug-likeness (QED) is 0.914. The Bertz CT molecular complexity index is 553. The normalized spacial score (nSPS) is 12.6. The van der Waals surface area contributed by atoms with Crippen LogP contribution in [0.15, 0.2) is 34.9 Å². The van der Waals surface area contributed by atoms with Gasteiger partial charge in [0.15, 0.2) is 0 Å². The summed E-state index contributed by atoms with van der Waals surface area (Å²) in [6.07, 6.45) is 2.66. The standard InChI is InChI=1S/C14H17BrFN3/c1-10(13-4-3-11(15)9-14(13)16)17-7-5-12-6-8-18-19(12)2/h3-4,6,8-10,17H,5,7H2,1-2H3. The van der Waals surface area contributed by atoms with Crippen molar-refractivity contribution in [2.24, 2.45) is 7.05 Å². The van der Waals surface area contributed by atoms with Crippen LogP contribution in [-0.4, -0.2) is 16.3 Å². The Morgan fingerprint density at radius 2 is 2.21 bits per heavy atom. The molecule has 0 aliphatic carbocycles. The largest absolute Gasteiger partial charge is 0.310 e. The van der Waals surface area contributed by atoms with Gasteiger partial charge in [0.1, 0.15) is 5.82 Å². The van der Waals surface area contributed by atoms with Crippen LogP contribution < -0.4 is 5.32 Å². The Morgan fingerprint density at radius 1 is 1.42 bits per heavy atom. The van der Waals surface area contributed by atoms with Gasteiger partial charge in [-0.15, -0.1) is 0 Å². The Kier molecular flexibility index (Phi) is 4.71. The highest BCUT2D eigenvalue weighted by Gasteiger charge is 2.10. The molecule has 1 unspecified atom stereocenters. The number of nitrogens with zero attached hydrogens (tertiary/aromatic N) is 2. The molecule has 1 atom stereocenters. The number of nitrogens with one attached hydrogen (secondary N) is 1. The lowest BCUT2D eigenvalue weighted by Gasteiger charge is -2.15. The Hall–Kier alpha value is -1.20. The fourth-order valence-electron chi connectivity index (χ4n) is 2.03. The number of hydrogen-bond acceptors (Lipinski definition) is 2. The van der Waals surface area contributed by atoms with Crippen LogP contribution in [0.25, 0.3) is 0 Å². The van der Waals surface area contributed by atoms with Crippen molar-refractivity contribution in [2.75, 3.05) is 6.54 Å². The summed E-state index contributed by atoms with van der Waals surface area (Å²) in [5.41, 5.74) is 1.85. The highest BCUT2D eigenvalue weighted by atomic mass is 79.9. The zero-order valence-corrected chi connectivity index (χ0v) is 12.6. The van der Waals surface area contributed by atoms with Crippen LogP contribution >= 0.6 is 15.9 Å². The van der Waals surface area contributed by atoms with E-state index in [2.05, 4.69) is 26.3 Å². The van der Waals surface area contributed by atoms with Crippen molar-refractivity contribution in [2.45, 2.75) is 19.4 Å². The van der Waals surface area contributed by atoms with E-state index in [-0.39, 0.29) is 11.9 Å². The van der Waals surface area contributed by atoms with Gasteiger partial charge in [0, 0.05) is 48.0 Å². The topological polar surface area (TPSA) is 29.9 Å². The lowest BCUT2D eigenvalue weighted by Crippen LogP contribution is -2.22. The van der Waals surface area contributed by atoms with E-state index in [0.717, 1.165) is 23.1 Å². The van der Waals surface area contributed by atoms with E-state index < -0.39 is 0 Å². The molecule has 0 fully saturated rings. The highest BCUT2D eigenvalue weighted by molar-refractivity contribution is 9.10. The van der Waals surface area contributed by atoms with E-state index in [9.17, 15) is 4.39 Å². The molecular formula is C14H17BrFN3. The van der Waals surface area contributed by atoms with Gasteiger partial charge in [-0.05, 0) is 25.1 Å². The number of halogens is 2. The van der Waals surface area contributed by atoms with Crippen molar-refractivity contribution >= 4 is 15.9 Å². The monoisotopic (exact) mass is 325 g/mol. The first-order valence-electron chi connectivity index (χ1n) is 6.23. The molecule has 102 valence electrons. The molecule has 0 amide bonds. The van der Waals surface area contributed by atoms with E-state index in [1.165, 1.54) is 6.07 Å². The van der Waals surface area contributed by atoms with Gasteiger partial charge in [0.2, 0.25) is 0 Å². The highest BCUT2D eigenvalue weighted by Crippen LogP contribution is 2.20. The average Bonchev–Trinajstić information content (AvgIpc) is 2.75. The third-order valence-corrected chi connectivity index (χ3v) is 3.68. The summed E-state index contributed by atoms with van der Waals surface area (Å²) in [6.45, 7) is 2.76. The summed E-state index contributed by atoms with van der Waals surface area (Å²) in [6, 6.07) is 7.14. The van der Waals surface area contributed by atoms with Gasteiger partial charge >= 0.3 is 0 Å². The molecule has 2 aromatic rings. The average molecular weight is 326 g/mol. The minimum Gasteiger partial charge on any atom is -0.310 e. The van der Waals surface area contributed by atoms with Crippen molar-refractivity contribution in [1.29, 1.82) is 0 Å². The lowest BCUT2D eigenvalue weighted by atomic mass is 10.1. The minimum atomic E-state index is -0.185. The summed E-state index contributed by atoms with van der Waals surface area (Å²) in [5.74, 6) is -0.185. The van der Waals surface area contributed by atoms with Gasteiger partial charge in [0.25, 0.3) is 0 Å². The summed E-state index contributed by atoms with van der Waals surface area (Å²) >= 11 is 3.26. The van der Waals surface area contributed by atoms with Crippen LogP contribution in [-0.2, 0) is 13.5 Å². The van der Waals surface area contributed by atoms with Crippen molar-refractivity contribution < 1.29 is 4.39 Å². The molecule has 0 bridgehead atoms. The van der Waals surface area contributed by atoms with E-state index in [1.54, 1.807) is 12.3 Å². The maximum absolute atomic E-state index is 13.8. The van der Waals surface area contributed by atoms with Gasteiger partial charge in [-0.1, -0.05) is 22.0 Å². The van der Waals surface area contributed by atoms with Gasteiger partial charge in [-0.2, -0.15) is 5.10 Å². The van der Waals surface area contributed by atoms with Crippen LogP contribution in [0.4, 0.5) is 4.39 Å². The lowest BCUT2D eigenvalue weighted by molar-refractivity contribution is 0.525. The summed E-state index contributed by atoms with van der Waals surface area (Å²) in [5, 5.41) is 7.45. The van der Waals surface area contributed by atoms with Crippen LogP contribution in [0.1, 0.15) is 24.2 Å². The molecule has 1 aromatic heterocycles. The molecule has 0 spiro atoms. The molecule has 19 heavy (non-hydrogen) atoms. The number of benzene rings is 1. The SMILES string of the molecule is CC(NCCc1ccnn1C)c1ccc(Br)cc1F. The first kappa shape index (κ1) is 14.2.